The quantitative estimate of drug-likeness (QED) is 0.847. The van der Waals surface area contributed by atoms with Crippen LogP contribution in [0.5, 0.6) is 0 Å². The maximum atomic E-state index is 13.8. The zero-order valence-corrected chi connectivity index (χ0v) is 12.7. The van der Waals surface area contributed by atoms with Crippen LogP contribution in [0.15, 0.2) is 16.6 Å². The standard InChI is InChI=1S/C14H15BrF2N2O2/c15-6-4-8(16)10(9(17)5-6)14(20)19-12-11(18)7-2-1-3-21-13(7)12/h4-5,7,11-13H,1-3,18H2,(H,19,20). The Morgan fingerprint density at radius 2 is 2.05 bits per heavy atom. The van der Waals surface area contributed by atoms with Crippen molar-refractivity contribution in [1.29, 1.82) is 0 Å². The Morgan fingerprint density at radius 3 is 2.71 bits per heavy atom. The van der Waals surface area contributed by atoms with E-state index in [1.165, 1.54) is 0 Å². The van der Waals surface area contributed by atoms with Gasteiger partial charge in [-0.25, -0.2) is 8.78 Å². The number of halogens is 3. The lowest BCUT2D eigenvalue weighted by atomic mass is 9.68. The Morgan fingerprint density at radius 1 is 1.38 bits per heavy atom. The molecule has 0 bridgehead atoms. The number of nitrogens with two attached hydrogens (primary N) is 1. The molecular formula is C14H15BrF2N2O2. The Labute approximate surface area is 129 Å². The van der Waals surface area contributed by atoms with Gasteiger partial charge in [-0.1, -0.05) is 15.9 Å². The predicted octanol–water partition coefficient (Wildman–Crippen LogP) is 1.96. The van der Waals surface area contributed by atoms with E-state index in [0.29, 0.717) is 6.61 Å². The molecule has 1 saturated carbocycles. The van der Waals surface area contributed by atoms with Crippen molar-refractivity contribution in [2.45, 2.75) is 31.0 Å². The second-order valence-corrected chi connectivity index (χ2v) is 6.38. The van der Waals surface area contributed by atoms with E-state index in [1.54, 1.807) is 0 Å². The predicted molar refractivity (Wildman–Crippen MR) is 75.8 cm³/mol. The second-order valence-electron chi connectivity index (χ2n) is 5.46. The van der Waals surface area contributed by atoms with Crippen LogP contribution in [-0.2, 0) is 4.74 Å². The molecule has 114 valence electrons. The van der Waals surface area contributed by atoms with Crippen LogP contribution in [-0.4, -0.2) is 30.7 Å². The number of ether oxygens (including phenoxy) is 1. The van der Waals surface area contributed by atoms with Crippen LogP contribution in [0.2, 0.25) is 0 Å². The van der Waals surface area contributed by atoms with Crippen molar-refractivity contribution in [1.82, 2.24) is 5.32 Å². The minimum atomic E-state index is -0.909. The third kappa shape index (κ3) is 2.58. The minimum absolute atomic E-state index is 0.153. The molecule has 4 atom stereocenters. The molecule has 2 aliphatic rings. The lowest BCUT2D eigenvalue weighted by molar-refractivity contribution is -0.117. The second kappa shape index (κ2) is 5.62. The Kier molecular flexibility index (Phi) is 3.98. The SMILES string of the molecule is NC1C2CCCOC2C1NC(=O)c1c(F)cc(Br)cc1F. The Hall–Kier alpha value is -1.05. The van der Waals surface area contributed by atoms with Crippen LogP contribution in [0.3, 0.4) is 0 Å². The molecule has 1 aliphatic carbocycles. The summed E-state index contributed by atoms with van der Waals surface area (Å²) in [6, 6.07) is 1.48. The van der Waals surface area contributed by atoms with Crippen LogP contribution in [0.25, 0.3) is 0 Å². The highest BCUT2D eigenvalue weighted by Gasteiger charge is 2.51. The van der Waals surface area contributed by atoms with Gasteiger partial charge in [0, 0.05) is 23.0 Å². The van der Waals surface area contributed by atoms with Crippen LogP contribution in [0, 0.1) is 17.6 Å². The first kappa shape index (κ1) is 14.9. The number of hydrogen-bond acceptors (Lipinski definition) is 3. The third-order valence-corrected chi connectivity index (χ3v) is 4.67. The normalized spacial score (nSPS) is 31.2. The van der Waals surface area contributed by atoms with Gasteiger partial charge in [-0.15, -0.1) is 0 Å². The summed E-state index contributed by atoms with van der Waals surface area (Å²) in [6.07, 6.45) is 1.75. The van der Waals surface area contributed by atoms with Crippen LogP contribution >= 0.6 is 15.9 Å². The Bertz CT molecular complexity index is 561. The summed E-state index contributed by atoms with van der Waals surface area (Å²) in [4.78, 5) is 12.1. The molecule has 4 unspecified atom stereocenters. The van der Waals surface area contributed by atoms with Crippen molar-refractivity contribution in [3.05, 3.63) is 33.8 Å². The van der Waals surface area contributed by atoms with Gasteiger partial charge < -0.3 is 15.8 Å². The van der Waals surface area contributed by atoms with Crippen molar-refractivity contribution in [2.75, 3.05) is 6.61 Å². The van der Waals surface area contributed by atoms with E-state index in [1.807, 2.05) is 0 Å². The first-order valence-corrected chi connectivity index (χ1v) is 7.61. The summed E-state index contributed by atoms with van der Waals surface area (Å²) < 4.78 is 33.4. The van der Waals surface area contributed by atoms with Gasteiger partial charge in [0.25, 0.3) is 5.91 Å². The summed E-state index contributed by atoms with van der Waals surface area (Å²) in [5, 5.41) is 2.60. The van der Waals surface area contributed by atoms with E-state index in [-0.39, 0.29) is 22.5 Å². The van der Waals surface area contributed by atoms with E-state index in [2.05, 4.69) is 21.2 Å². The summed E-state index contributed by atoms with van der Waals surface area (Å²) >= 11 is 2.98. The van der Waals surface area contributed by atoms with Gasteiger partial charge in [-0.3, -0.25) is 4.79 Å². The molecule has 0 spiro atoms. The molecule has 1 saturated heterocycles. The van der Waals surface area contributed by atoms with Crippen molar-refractivity contribution in [2.24, 2.45) is 11.7 Å². The number of amides is 1. The highest BCUT2D eigenvalue weighted by Crippen LogP contribution is 2.37. The molecular weight excluding hydrogens is 346 g/mol. The van der Waals surface area contributed by atoms with Gasteiger partial charge in [0.1, 0.15) is 17.2 Å². The molecule has 0 aromatic heterocycles. The van der Waals surface area contributed by atoms with Gasteiger partial charge in [0.15, 0.2) is 0 Å². The lowest BCUT2D eigenvalue weighted by Crippen LogP contribution is -2.72. The highest BCUT2D eigenvalue weighted by molar-refractivity contribution is 9.10. The zero-order chi connectivity index (χ0) is 15.1. The number of carbonyl (C=O) groups excluding carboxylic acids is 1. The number of benzene rings is 1. The monoisotopic (exact) mass is 360 g/mol. The van der Waals surface area contributed by atoms with E-state index in [4.69, 9.17) is 10.5 Å². The molecule has 1 aliphatic heterocycles. The van der Waals surface area contributed by atoms with E-state index in [0.717, 1.165) is 25.0 Å². The molecule has 3 N–H and O–H groups in total. The summed E-state index contributed by atoms with van der Waals surface area (Å²) in [7, 11) is 0. The smallest absolute Gasteiger partial charge is 0.257 e. The highest BCUT2D eigenvalue weighted by atomic mass is 79.9. The molecule has 2 fully saturated rings. The molecule has 1 aromatic carbocycles. The average molecular weight is 361 g/mol. The molecule has 1 aromatic rings. The summed E-state index contributed by atoms with van der Waals surface area (Å²) in [6.45, 7) is 0.626. The fraction of sp³-hybridized carbons (Fsp3) is 0.500. The van der Waals surface area contributed by atoms with E-state index in [9.17, 15) is 13.6 Å². The third-order valence-electron chi connectivity index (χ3n) is 4.21. The van der Waals surface area contributed by atoms with Gasteiger partial charge in [-0.05, 0) is 25.0 Å². The van der Waals surface area contributed by atoms with Crippen molar-refractivity contribution < 1.29 is 18.3 Å². The topological polar surface area (TPSA) is 64.3 Å². The maximum Gasteiger partial charge on any atom is 0.257 e. The lowest BCUT2D eigenvalue weighted by Gasteiger charge is -2.52. The van der Waals surface area contributed by atoms with E-state index < -0.39 is 29.1 Å². The van der Waals surface area contributed by atoms with Gasteiger partial charge in [0.05, 0.1) is 12.1 Å². The maximum absolute atomic E-state index is 13.8. The van der Waals surface area contributed by atoms with Gasteiger partial charge in [-0.2, -0.15) is 0 Å². The minimum Gasteiger partial charge on any atom is -0.376 e. The molecule has 7 heteroatoms. The first-order valence-electron chi connectivity index (χ1n) is 6.81. The molecule has 3 rings (SSSR count). The molecule has 1 amide bonds. The largest absolute Gasteiger partial charge is 0.376 e. The van der Waals surface area contributed by atoms with E-state index >= 15 is 0 Å². The van der Waals surface area contributed by atoms with Crippen molar-refractivity contribution in [3.8, 4) is 0 Å². The number of nitrogens with one attached hydrogen (secondary N) is 1. The van der Waals surface area contributed by atoms with Gasteiger partial charge >= 0.3 is 0 Å². The van der Waals surface area contributed by atoms with Gasteiger partial charge in [0.2, 0.25) is 0 Å². The number of fused-ring (bicyclic) bond motifs is 1. The number of hydrogen-bond donors (Lipinski definition) is 2. The average Bonchev–Trinajstić information content (AvgIpc) is 2.43. The summed E-state index contributed by atoms with van der Waals surface area (Å²) in [5.74, 6) is -2.41. The van der Waals surface area contributed by atoms with Crippen molar-refractivity contribution in [3.63, 3.8) is 0 Å². The summed E-state index contributed by atoms with van der Waals surface area (Å²) in [5.41, 5.74) is 5.42. The molecule has 4 nitrogen and oxygen atoms in total. The van der Waals surface area contributed by atoms with Crippen LogP contribution in [0.4, 0.5) is 8.78 Å². The molecule has 21 heavy (non-hydrogen) atoms. The zero-order valence-electron chi connectivity index (χ0n) is 11.1. The van der Waals surface area contributed by atoms with Crippen LogP contribution < -0.4 is 11.1 Å². The number of rotatable bonds is 2. The van der Waals surface area contributed by atoms with Crippen LogP contribution in [0.1, 0.15) is 23.2 Å². The molecule has 1 heterocycles. The molecule has 0 radical (unpaired) electrons. The number of carbonyl (C=O) groups is 1. The Balaban J connectivity index is 1.75. The fourth-order valence-electron chi connectivity index (χ4n) is 3.11. The fourth-order valence-corrected chi connectivity index (χ4v) is 3.51. The first-order chi connectivity index (χ1) is 9.99. The van der Waals surface area contributed by atoms with Crippen molar-refractivity contribution >= 4 is 21.8 Å².